The molecule has 0 aliphatic carbocycles. The molecule has 0 aliphatic heterocycles. The molecule has 0 radical (unpaired) electrons. The maximum absolute atomic E-state index is 11.1. The first-order valence-corrected chi connectivity index (χ1v) is 4.10. The Morgan fingerprint density at radius 3 is 2.31 bits per heavy atom. The monoisotopic (exact) mass is 188 g/mol. The number of amides is 4. The van der Waals surface area contributed by atoms with Gasteiger partial charge in [0.1, 0.15) is 0 Å². The molecule has 0 atom stereocenters. The minimum atomic E-state index is -0.585. The summed E-state index contributed by atoms with van der Waals surface area (Å²) in [6, 6.07) is -0.744. The normalized spacial score (nSPS) is 9.08. The molecule has 0 unspecified atom stereocenters. The number of urea groups is 2. The largest absolute Gasteiger partial charge is 0.352 e. The molecule has 0 saturated heterocycles. The Balaban J connectivity index is 3.42. The quantitative estimate of drug-likeness (QED) is 0.510. The molecular weight excluding hydrogens is 172 g/mol. The van der Waals surface area contributed by atoms with E-state index in [2.05, 4.69) is 10.6 Å². The van der Waals surface area contributed by atoms with E-state index >= 15 is 0 Å². The third kappa shape index (κ3) is 5.77. The second-order valence-corrected chi connectivity index (χ2v) is 2.54. The van der Waals surface area contributed by atoms with E-state index in [9.17, 15) is 9.59 Å². The van der Waals surface area contributed by atoms with Crippen LogP contribution in [0.1, 0.15) is 6.92 Å². The first kappa shape index (κ1) is 11.5. The highest BCUT2D eigenvalue weighted by Crippen LogP contribution is 1.80. The zero-order valence-electron chi connectivity index (χ0n) is 7.96. The molecule has 0 spiro atoms. The number of hydrogen-bond donors (Lipinski definition) is 3. The predicted molar refractivity (Wildman–Crippen MR) is 49.3 cm³/mol. The summed E-state index contributed by atoms with van der Waals surface area (Å²) in [5.41, 5.74) is 4.82. The van der Waals surface area contributed by atoms with Crippen LogP contribution in [0.2, 0.25) is 0 Å². The number of hydrogen-bond acceptors (Lipinski definition) is 2. The van der Waals surface area contributed by atoms with Crippen molar-refractivity contribution >= 4 is 12.1 Å². The molecule has 0 bridgehead atoms. The Hall–Kier alpha value is -1.46. The van der Waals surface area contributed by atoms with Gasteiger partial charge in [0.05, 0.1) is 0 Å². The highest BCUT2D eigenvalue weighted by Gasteiger charge is 2.03. The molecule has 4 N–H and O–H groups in total. The fraction of sp³-hybridized carbons (Fsp3) is 0.714. The predicted octanol–water partition coefficient (Wildman–Crippen LogP) is -0.684. The van der Waals surface area contributed by atoms with Gasteiger partial charge >= 0.3 is 12.1 Å². The van der Waals surface area contributed by atoms with Gasteiger partial charge in [0.15, 0.2) is 0 Å². The molecule has 0 aromatic rings. The lowest BCUT2D eigenvalue weighted by Crippen LogP contribution is -2.42. The Morgan fingerprint density at radius 1 is 1.31 bits per heavy atom. The van der Waals surface area contributed by atoms with Crippen molar-refractivity contribution in [2.24, 2.45) is 5.73 Å². The van der Waals surface area contributed by atoms with E-state index in [1.54, 1.807) is 7.05 Å². The number of primary amides is 1. The van der Waals surface area contributed by atoms with Crippen molar-refractivity contribution in [3.8, 4) is 0 Å². The number of nitrogens with one attached hydrogen (secondary N) is 2. The third-order valence-electron chi connectivity index (χ3n) is 1.52. The first-order valence-electron chi connectivity index (χ1n) is 4.10. The Kier molecular flexibility index (Phi) is 5.42. The Morgan fingerprint density at radius 2 is 1.85 bits per heavy atom. The van der Waals surface area contributed by atoms with Crippen molar-refractivity contribution in [3.05, 3.63) is 0 Å². The summed E-state index contributed by atoms with van der Waals surface area (Å²) in [6.07, 6.45) is 0. The summed E-state index contributed by atoms with van der Waals surface area (Å²) in [5.74, 6) is 0. The van der Waals surface area contributed by atoms with Crippen molar-refractivity contribution in [1.82, 2.24) is 15.5 Å². The van der Waals surface area contributed by atoms with Crippen molar-refractivity contribution in [2.75, 3.05) is 26.7 Å². The summed E-state index contributed by atoms with van der Waals surface area (Å²) < 4.78 is 0. The van der Waals surface area contributed by atoms with E-state index < -0.39 is 6.03 Å². The second kappa shape index (κ2) is 6.10. The number of rotatable bonds is 4. The van der Waals surface area contributed by atoms with Crippen LogP contribution < -0.4 is 16.4 Å². The van der Waals surface area contributed by atoms with Crippen LogP contribution in [0.3, 0.4) is 0 Å². The van der Waals surface area contributed by atoms with Crippen LogP contribution in [0.5, 0.6) is 0 Å². The van der Waals surface area contributed by atoms with E-state index in [1.165, 1.54) is 4.90 Å². The SMILES string of the molecule is CCN(C)C(=O)NCCNC(N)=O. The molecule has 13 heavy (non-hydrogen) atoms. The molecule has 76 valence electrons. The van der Waals surface area contributed by atoms with Crippen LogP contribution in [-0.2, 0) is 0 Å². The van der Waals surface area contributed by atoms with Gasteiger partial charge in [-0.1, -0.05) is 0 Å². The highest BCUT2D eigenvalue weighted by atomic mass is 16.2. The van der Waals surface area contributed by atoms with Crippen LogP contribution in [0.15, 0.2) is 0 Å². The van der Waals surface area contributed by atoms with Gasteiger partial charge in [-0.3, -0.25) is 0 Å². The lowest BCUT2D eigenvalue weighted by atomic mass is 10.6. The maximum Gasteiger partial charge on any atom is 0.317 e. The average molecular weight is 188 g/mol. The van der Waals surface area contributed by atoms with Crippen molar-refractivity contribution in [2.45, 2.75) is 6.92 Å². The molecule has 0 aromatic heterocycles. The summed E-state index contributed by atoms with van der Waals surface area (Å²) in [4.78, 5) is 22.8. The van der Waals surface area contributed by atoms with Crippen LogP contribution in [0, 0.1) is 0 Å². The van der Waals surface area contributed by atoms with Gasteiger partial charge in [-0.05, 0) is 6.92 Å². The molecule has 6 nitrogen and oxygen atoms in total. The van der Waals surface area contributed by atoms with Crippen molar-refractivity contribution in [3.63, 3.8) is 0 Å². The van der Waals surface area contributed by atoms with Gasteiger partial charge in [-0.2, -0.15) is 0 Å². The summed E-state index contributed by atoms with van der Waals surface area (Å²) in [5, 5.41) is 4.97. The maximum atomic E-state index is 11.1. The minimum Gasteiger partial charge on any atom is -0.352 e. The molecular formula is C7H16N4O2. The Bertz CT molecular complexity index is 183. The average Bonchev–Trinajstić information content (AvgIpc) is 2.10. The van der Waals surface area contributed by atoms with Gasteiger partial charge in [0.2, 0.25) is 0 Å². The molecule has 0 rings (SSSR count). The smallest absolute Gasteiger partial charge is 0.317 e. The van der Waals surface area contributed by atoms with Gasteiger partial charge in [-0.25, -0.2) is 9.59 Å². The summed E-state index contributed by atoms with van der Waals surface area (Å²) >= 11 is 0. The fourth-order valence-corrected chi connectivity index (χ4v) is 0.634. The van der Waals surface area contributed by atoms with Crippen LogP contribution >= 0.6 is 0 Å². The van der Waals surface area contributed by atoms with E-state index in [0.29, 0.717) is 19.6 Å². The van der Waals surface area contributed by atoms with Crippen molar-refractivity contribution in [1.29, 1.82) is 0 Å². The van der Waals surface area contributed by atoms with Crippen LogP contribution in [-0.4, -0.2) is 43.6 Å². The van der Waals surface area contributed by atoms with E-state index in [1.807, 2.05) is 6.92 Å². The lowest BCUT2D eigenvalue weighted by molar-refractivity contribution is 0.211. The van der Waals surface area contributed by atoms with Crippen LogP contribution in [0.4, 0.5) is 9.59 Å². The summed E-state index contributed by atoms with van der Waals surface area (Å²) in [6.45, 7) is 3.25. The number of carbonyl (C=O) groups excluding carboxylic acids is 2. The van der Waals surface area contributed by atoms with Crippen LogP contribution in [0.25, 0.3) is 0 Å². The second-order valence-electron chi connectivity index (χ2n) is 2.54. The molecule has 4 amide bonds. The lowest BCUT2D eigenvalue weighted by Gasteiger charge is -2.15. The standard InChI is InChI=1S/C7H16N4O2/c1-3-11(2)7(13)10-5-4-9-6(8)12/h3-5H2,1-2H3,(H,10,13)(H3,8,9,12). The molecule has 0 heterocycles. The molecule has 0 fully saturated rings. The zero-order valence-corrected chi connectivity index (χ0v) is 7.96. The van der Waals surface area contributed by atoms with E-state index in [-0.39, 0.29) is 6.03 Å². The van der Waals surface area contributed by atoms with Crippen molar-refractivity contribution < 1.29 is 9.59 Å². The fourth-order valence-electron chi connectivity index (χ4n) is 0.634. The molecule has 0 saturated carbocycles. The van der Waals surface area contributed by atoms with Gasteiger partial charge in [0.25, 0.3) is 0 Å². The molecule has 0 aromatic carbocycles. The number of nitrogens with zero attached hydrogens (tertiary/aromatic N) is 1. The molecule has 0 aliphatic rings. The first-order chi connectivity index (χ1) is 6.07. The van der Waals surface area contributed by atoms with E-state index in [4.69, 9.17) is 5.73 Å². The Labute approximate surface area is 77.5 Å². The van der Waals surface area contributed by atoms with Gasteiger partial charge in [0, 0.05) is 26.7 Å². The topological polar surface area (TPSA) is 87.5 Å². The number of carbonyl (C=O) groups is 2. The summed E-state index contributed by atoms with van der Waals surface area (Å²) in [7, 11) is 1.69. The number of nitrogens with two attached hydrogens (primary N) is 1. The van der Waals surface area contributed by atoms with Gasteiger partial charge in [-0.15, -0.1) is 0 Å². The zero-order chi connectivity index (χ0) is 10.3. The highest BCUT2D eigenvalue weighted by molar-refractivity contribution is 5.74. The molecule has 6 heteroatoms. The van der Waals surface area contributed by atoms with E-state index in [0.717, 1.165) is 0 Å². The minimum absolute atomic E-state index is 0.159. The van der Waals surface area contributed by atoms with Gasteiger partial charge < -0.3 is 21.3 Å². The third-order valence-corrected chi connectivity index (χ3v) is 1.52.